The van der Waals surface area contributed by atoms with Crippen molar-refractivity contribution in [2.75, 3.05) is 19.8 Å². The van der Waals surface area contributed by atoms with Crippen molar-refractivity contribution in [2.24, 2.45) is 0 Å². The van der Waals surface area contributed by atoms with Crippen LogP contribution in [0.15, 0.2) is 0 Å². The van der Waals surface area contributed by atoms with Crippen LogP contribution in [0, 0.1) is 0 Å². The van der Waals surface area contributed by atoms with Gasteiger partial charge in [0.25, 0.3) is 0 Å². The van der Waals surface area contributed by atoms with Crippen molar-refractivity contribution in [1.82, 2.24) is 5.54 Å². The van der Waals surface area contributed by atoms with Crippen LogP contribution in [-0.4, -0.2) is 19.8 Å². The van der Waals surface area contributed by atoms with Crippen molar-refractivity contribution in [3.05, 3.63) is 0 Å². The van der Waals surface area contributed by atoms with E-state index in [4.69, 9.17) is 4.74 Å². The number of hydrogen-bond acceptors (Lipinski definition) is 2. The quantitative estimate of drug-likeness (QED) is 0.431. The van der Waals surface area contributed by atoms with Gasteiger partial charge in [-0.05, 0) is 13.3 Å². The number of rotatable bonds is 5. The fraction of sp³-hybridized carbons (Fsp3) is 1.00. The molecule has 0 saturated carbocycles. The van der Waals surface area contributed by atoms with Crippen LogP contribution in [0.3, 0.4) is 0 Å². The van der Waals surface area contributed by atoms with Gasteiger partial charge in [0.1, 0.15) is 0 Å². The molecule has 0 aliphatic heterocycles. The second-order valence-corrected chi connectivity index (χ2v) is 1.43. The maximum atomic E-state index is 11.1. The van der Waals surface area contributed by atoms with E-state index in [2.05, 4.69) is 0 Å². The Bertz CT molecular complexity index is 37.4. The lowest BCUT2D eigenvalue weighted by Crippen LogP contribution is -2.06. The van der Waals surface area contributed by atoms with Crippen molar-refractivity contribution in [3.63, 3.8) is 0 Å². The fourth-order valence-electron chi connectivity index (χ4n) is 0.385. The molecule has 3 heteroatoms. The van der Waals surface area contributed by atoms with Gasteiger partial charge in [-0.3, -0.25) is 0 Å². The summed E-state index contributed by atoms with van der Waals surface area (Å²) in [7, 11) is 0. The summed E-state index contributed by atoms with van der Waals surface area (Å²) in [6.07, 6.45) is 0.740. The zero-order valence-electron chi connectivity index (χ0n) is 5.11. The summed E-state index contributed by atoms with van der Waals surface area (Å²) in [5.41, 5.74) is 1.55. The molecule has 1 N–H and O–H groups in total. The Labute approximate surface area is 49.0 Å². The molecular formula is C5H12FNO. The van der Waals surface area contributed by atoms with Gasteiger partial charge in [0, 0.05) is 19.8 Å². The molecule has 50 valence electrons. The molecule has 0 heterocycles. The zero-order chi connectivity index (χ0) is 6.24. The van der Waals surface area contributed by atoms with Gasteiger partial charge in [0.15, 0.2) is 0 Å². The van der Waals surface area contributed by atoms with Crippen LogP contribution in [0.4, 0.5) is 4.48 Å². The highest BCUT2D eigenvalue weighted by atomic mass is 19.2. The third-order valence-electron chi connectivity index (χ3n) is 0.764. The molecule has 2 nitrogen and oxygen atoms in total. The van der Waals surface area contributed by atoms with Crippen molar-refractivity contribution in [1.29, 1.82) is 0 Å². The molecule has 0 unspecified atom stereocenters. The minimum absolute atomic E-state index is 0.389. The lowest BCUT2D eigenvalue weighted by molar-refractivity contribution is 0.139. The van der Waals surface area contributed by atoms with Crippen molar-refractivity contribution < 1.29 is 9.22 Å². The molecule has 0 amide bonds. The maximum absolute atomic E-state index is 11.1. The SMILES string of the molecule is CCOCCCNF. The second kappa shape index (κ2) is 6.85. The van der Waals surface area contributed by atoms with E-state index in [9.17, 15) is 4.48 Å². The fourth-order valence-corrected chi connectivity index (χ4v) is 0.385. The topological polar surface area (TPSA) is 21.3 Å². The highest BCUT2D eigenvalue weighted by molar-refractivity contribution is 4.34. The van der Waals surface area contributed by atoms with Gasteiger partial charge in [-0.1, -0.05) is 0 Å². The molecule has 0 aromatic rings. The second-order valence-electron chi connectivity index (χ2n) is 1.43. The number of nitrogens with one attached hydrogen (secondary N) is 1. The van der Waals surface area contributed by atoms with Gasteiger partial charge < -0.3 is 4.74 Å². The summed E-state index contributed by atoms with van der Waals surface area (Å²) in [4.78, 5) is 0. The van der Waals surface area contributed by atoms with E-state index in [1.807, 2.05) is 6.92 Å². The first-order chi connectivity index (χ1) is 3.91. The minimum Gasteiger partial charge on any atom is -0.382 e. The van der Waals surface area contributed by atoms with Crippen LogP contribution in [0.1, 0.15) is 13.3 Å². The molecule has 0 saturated heterocycles. The molecule has 0 aromatic heterocycles. The smallest absolute Gasteiger partial charge is 0.0478 e. The molecule has 0 bridgehead atoms. The van der Waals surface area contributed by atoms with E-state index in [0.717, 1.165) is 6.42 Å². The monoisotopic (exact) mass is 121 g/mol. The molecule has 0 rings (SSSR count). The zero-order valence-corrected chi connectivity index (χ0v) is 5.11. The summed E-state index contributed by atoms with van der Waals surface area (Å²) < 4.78 is 16.0. The Hall–Kier alpha value is -0.150. The van der Waals surface area contributed by atoms with Gasteiger partial charge in [0.2, 0.25) is 0 Å². The van der Waals surface area contributed by atoms with Crippen LogP contribution in [0.25, 0.3) is 0 Å². The third kappa shape index (κ3) is 5.85. The largest absolute Gasteiger partial charge is 0.382 e. The molecular weight excluding hydrogens is 109 g/mol. The van der Waals surface area contributed by atoms with Crippen LogP contribution in [-0.2, 0) is 4.74 Å². The third-order valence-corrected chi connectivity index (χ3v) is 0.764. The van der Waals surface area contributed by atoms with Gasteiger partial charge in [0.05, 0.1) is 0 Å². The standard InChI is InChI=1S/C5H12FNO/c1-2-8-5-3-4-7-6/h7H,2-5H2,1H3. The molecule has 8 heavy (non-hydrogen) atoms. The maximum Gasteiger partial charge on any atom is 0.0478 e. The van der Waals surface area contributed by atoms with Gasteiger partial charge >= 0.3 is 0 Å². The summed E-state index contributed by atoms with van der Waals surface area (Å²) in [6, 6.07) is 0. The van der Waals surface area contributed by atoms with Gasteiger partial charge in [-0.2, -0.15) is 5.54 Å². The summed E-state index contributed by atoms with van der Waals surface area (Å²) in [5, 5.41) is 0. The van der Waals surface area contributed by atoms with Gasteiger partial charge in [-0.25, -0.2) is 0 Å². The molecule has 0 atom stereocenters. The summed E-state index contributed by atoms with van der Waals surface area (Å²) >= 11 is 0. The number of ether oxygens (including phenoxy) is 1. The Morgan fingerprint density at radius 1 is 1.62 bits per heavy atom. The molecule has 0 radical (unpaired) electrons. The minimum atomic E-state index is 0.389. The molecule has 0 aromatic carbocycles. The Morgan fingerprint density at radius 3 is 2.88 bits per heavy atom. The molecule has 0 spiro atoms. The van der Waals surface area contributed by atoms with E-state index in [0.29, 0.717) is 19.8 Å². The Kier molecular flexibility index (Phi) is 6.72. The normalized spacial score (nSPS) is 9.75. The van der Waals surface area contributed by atoms with Crippen molar-refractivity contribution >= 4 is 0 Å². The van der Waals surface area contributed by atoms with Crippen LogP contribution >= 0.6 is 0 Å². The van der Waals surface area contributed by atoms with Gasteiger partial charge in [-0.15, -0.1) is 4.48 Å². The Balaban J connectivity index is 2.53. The predicted octanol–water partition coefficient (Wildman–Crippen LogP) is 0.887. The lowest BCUT2D eigenvalue weighted by atomic mass is 10.5. The van der Waals surface area contributed by atoms with E-state index >= 15 is 0 Å². The number of halogens is 1. The molecule has 0 aliphatic rings. The van der Waals surface area contributed by atoms with Crippen molar-refractivity contribution in [2.45, 2.75) is 13.3 Å². The van der Waals surface area contributed by atoms with E-state index in [1.54, 1.807) is 5.54 Å². The highest BCUT2D eigenvalue weighted by Gasteiger charge is 1.83. The van der Waals surface area contributed by atoms with E-state index in [-0.39, 0.29) is 0 Å². The van der Waals surface area contributed by atoms with Crippen LogP contribution in [0.5, 0.6) is 0 Å². The first-order valence-corrected chi connectivity index (χ1v) is 2.83. The average Bonchev–Trinajstić information content (AvgIpc) is 1.81. The number of hydrogen-bond donors (Lipinski definition) is 1. The van der Waals surface area contributed by atoms with E-state index < -0.39 is 0 Å². The summed E-state index contributed by atoms with van der Waals surface area (Å²) in [5.74, 6) is 0. The summed E-state index contributed by atoms with van der Waals surface area (Å²) in [6.45, 7) is 3.67. The average molecular weight is 121 g/mol. The predicted molar refractivity (Wildman–Crippen MR) is 30.2 cm³/mol. The molecule has 0 fully saturated rings. The van der Waals surface area contributed by atoms with E-state index in [1.165, 1.54) is 0 Å². The Morgan fingerprint density at radius 2 is 2.38 bits per heavy atom. The highest BCUT2D eigenvalue weighted by Crippen LogP contribution is 1.78. The lowest BCUT2D eigenvalue weighted by Gasteiger charge is -1.96. The van der Waals surface area contributed by atoms with Crippen molar-refractivity contribution in [3.8, 4) is 0 Å². The van der Waals surface area contributed by atoms with Crippen LogP contribution in [0.2, 0.25) is 0 Å². The first-order valence-electron chi connectivity index (χ1n) is 2.83. The first kappa shape index (κ1) is 7.85. The molecule has 0 aliphatic carbocycles. The van der Waals surface area contributed by atoms with Crippen LogP contribution < -0.4 is 5.54 Å².